The second-order valence-electron chi connectivity index (χ2n) is 6.95. The fourth-order valence-electron chi connectivity index (χ4n) is 4.07. The van der Waals surface area contributed by atoms with Gasteiger partial charge in [-0.2, -0.15) is 5.10 Å². The predicted octanol–water partition coefficient (Wildman–Crippen LogP) is 2.42. The van der Waals surface area contributed by atoms with Crippen LogP contribution in [0, 0.1) is 0 Å². The Hall–Kier alpha value is -1.56. The summed E-state index contributed by atoms with van der Waals surface area (Å²) in [7, 11) is 0. The summed E-state index contributed by atoms with van der Waals surface area (Å²) in [6, 6.07) is 0.662. The smallest absolute Gasteiger partial charge is 0.318 e. The quantitative estimate of drug-likeness (QED) is 0.911. The molecule has 1 aromatic rings. The maximum Gasteiger partial charge on any atom is 0.318 e. The highest BCUT2D eigenvalue weighted by Crippen LogP contribution is 2.33. The van der Waals surface area contributed by atoms with E-state index < -0.39 is 0 Å². The standard InChI is InChI=1S/C17H26N4O2/c22-17(20-8-10-23-11-9-20)18-15-7-3-4-13-12-21(19-16(13)15)14-5-1-2-6-14/h12,14-15H,1-11H2,(H,18,22). The number of nitrogens with one attached hydrogen (secondary N) is 1. The second kappa shape index (κ2) is 6.51. The molecule has 1 unspecified atom stereocenters. The van der Waals surface area contributed by atoms with Crippen molar-refractivity contribution in [3.05, 3.63) is 17.5 Å². The van der Waals surface area contributed by atoms with Crippen LogP contribution in [0.2, 0.25) is 0 Å². The van der Waals surface area contributed by atoms with Gasteiger partial charge in [0.25, 0.3) is 0 Å². The normalized spacial score (nSPS) is 25.4. The lowest BCUT2D eigenvalue weighted by atomic mass is 9.94. The largest absolute Gasteiger partial charge is 0.378 e. The first kappa shape index (κ1) is 15.0. The van der Waals surface area contributed by atoms with E-state index in [1.807, 2.05) is 4.90 Å². The molecule has 4 rings (SSSR count). The molecule has 1 saturated carbocycles. The summed E-state index contributed by atoms with van der Waals surface area (Å²) >= 11 is 0. The van der Waals surface area contributed by atoms with E-state index in [1.165, 1.54) is 31.2 Å². The Morgan fingerprint density at radius 3 is 2.74 bits per heavy atom. The molecule has 2 amide bonds. The van der Waals surface area contributed by atoms with E-state index in [2.05, 4.69) is 16.2 Å². The zero-order chi connectivity index (χ0) is 15.6. The monoisotopic (exact) mass is 318 g/mol. The minimum absolute atomic E-state index is 0.0292. The maximum absolute atomic E-state index is 12.5. The number of hydrogen-bond acceptors (Lipinski definition) is 3. The molecule has 6 nitrogen and oxygen atoms in total. The van der Waals surface area contributed by atoms with Gasteiger partial charge in [-0.15, -0.1) is 0 Å². The Morgan fingerprint density at radius 1 is 1.17 bits per heavy atom. The van der Waals surface area contributed by atoms with Crippen LogP contribution in [-0.4, -0.2) is 47.0 Å². The molecule has 2 fully saturated rings. The third-order valence-corrected chi connectivity index (χ3v) is 5.40. The highest BCUT2D eigenvalue weighted by atomic mass is 16.5. The predicted molar refractivity (Wildman–Crippen MR) is 86.3 cm³/mol. The lowest BCUT2D eigenvalue weighted by Gasteiger charge is -2.30. The average Bonchev–Trinajstić information content (AvgIpc) is 3.25. The van der Waals surface area contributed by atoms with Crippen molar-refractivity contribution < 1.29 is 9.53 Å². The molecule has 23 heavy (non-hydrogen) atoms. The summed E-state index contributed by atoms with van der Waals surface area (Å²) in [6.45, 7) is 2.64. The second-order valence-corrected chi connectivity index (χ2v) is 6.95. The highest BCUT2D eigenvalue weighted by molar-refractivity contribution is 5.74. The number of morpholine rings is 1. The van der Waals surface area contributed by atoms with Crippen molar-refractivity contribution in [1.82, 2.24) is 20.0 Å². The minimum Gasteiger partial charge on any atom is -0.378 e. The summed E-state index contributed by atoms with van der Waals surface area (Å²) in [5.41, 5.74) is 2.43. The molecule has 0 aromatic carbocycles. The zero-order valence-corrected chi connectivity index (χ0v) is 13.7. The van der Waals surface area contributed by atoms with Crippen molar-refractivity contribution in [2.75, 3.05) is 26.3 Å². The number of urea groups is 1. The molecule has 2 heterocycles. The van der Waals surface area contributed by atoms with E-state index in [9.17, 15) is 4.79 Å². The molecule has 6 heteroatoms. The van der Waals surface area contributed by atoms with Crippen molar-refractivity contribution in [3.63, 3.8) is 0 Å². The van der Waals surface area contributed by atoms with Gasteiger partial charge < -0.3 is 15.0 Å². The summed E-state index contributed by atoms with van der Waals surface area (Å²) in [6.07, 6.45) is 10.5. The van der Waals surface area contributed by atoms with Gasteiger partial charge in [0.05, 0.1) is 31.0 Å². The third kappa shape index (κ3) is 3.09. The summed E-state index contributed by atoms with van der Waals surface area (Å²) in [5.74, 6) is 0. The SMILES string of the molecule is O=C(NC1CCCc2cn(C3CCCC3)nc21)N1CCOCC1. The Kier molecular flexibility index (Phi) is 4.25. The van der Waals surface area contributed by atoms with Crippen molar-refractivity contribution >= 4 is 6.03 Å². The van der Waals surface area contributed by atoms with Crippen molar-refractivity contribution in [3.8, 4) is 0 Å². The van der Waals surface area contributed by atoms with Gasteiger partial charge in [-0.25, -0.2) is 4.79 Å². The first-order chi connectivity index (χ1) is 11.3. The Morgan fingerprint density at radius 2 is 1.96 bits per heavy atom. The number of nitrogens with zero attached hydrogens (tertiary/aromatic N) is 3. The molecule has 0 radical (unpaired) electrons. The molecule has 1 aromatic heterocycles. The fourth-order valence-corrected chi connectivity index (χ4v) is 4.07. The van der Waals surface area contributed by atoms with Crippen molar-refractivity contribution in [2.24, 2.45) is 0 Å². The van der Waals surface area contributed by atoms with Gasteiger partial charge in [0.2, 0.25) is 0 Å². The molecular weight excluding hydrogens is 292 g/mol. The Balaban J connectivity index is 1.47. The van der Waals surface area contributed by atoms with Crippen LogP contribution in [0.25, 0.3) is 0 Å². The number of ether oxygens (including phenoxy) is 1. The fraction of sp³-hybridized carbons (Fsp3) is 0.765. The number of carbonyl (C=O) groups excluding carboxylic acids is 1. The summed E-state index contributed by atoms with van der Waals surface area (Å²) in [4.78, 5) is 14.3. The van der Waals surface area contributed by atoms with Gasteiger partial charge >= 0.3 is 6.03 Å². The maximum atomic E-state index is 12.5. The van der Waals surface area contributed by atoms with Crippen LogP contribution < -0.4 is 5.32 Å². The molecule has 1 saturated heterocycles. The van der Waals surface area contributed by atoms with Crippen LogP contribution in [0.4, 0.5) is 4.79 Å². The number of rotatable bonds is 2. The average molecular weight is 318 g/mol. The van der Waals surface area contributed by atoms with E-state index in [1.54, 1.807) is 0 Å². The minimum atomic E-state index is 0.0292. The van der Waals surface area contributed by atoms with E-state index in [4.69, 9.17) is 9.84 Å². The number of aromatic nitrogens is 2. The van der Waals surface area contributed by atoms with Gasteiger partial charge in [-0.05, 0) is 37.7 Å². The lowest BCUT2D eigenvalue weighted by Crippen LogP contribution is -2.47. The highest BCUT2D eigenvalue weighted by Gasteiger charge is 2.29. The van der Waals surface area contributed by atoms with Crippen LogP contribution in [-0.2, 0) is 11.2 Å². The van der Waals surface area contributed by atoms with Gasteiger partial charge in [-0.1, -0.05) is 12.8 Å². The summed E-state index contributed by atoms with van der Waals surface area (Å²) < 4.78 is 7.50. The molecule has 0 spiro atoms. The molecular formula is C17H26N4O2. The van der Waals surface area contributed by atoms with Gasteiger partial charge in [0.15, 0.2) is 0 Å². The number of fused-ring (bicyclic) bond motifs is 1. The van der Waals surface area contributed by atoms with Crippen molar-refractivity contribution in [1.29, 1.82) is 0 Å². The molecule has 0 bridgehead atoms. The number of aryl methyl sites for hydroxylation is 1. The lowest BCUT2D eigenvalue weighted by molar-refractivity contribution is 0.0523. The molecule has 3 aliphatic rings. The number of carbonyl (C=O) groups is 1. The van der Waals surface area contributed by atoms with E-state index in [-0.39, 0.29) is 12.1 Å². The molecule has 1 N–H and O–H groups in total. The van der Waals surface area contributed by atoms with Crippen LogP contribution in [0.3, 0.4) is 0 Å². The third-order valence-electron chi connectivity index (χ3n) is 5.40. The van der Waals surface area contributed by atoms with Gasteiger partial charge in [0, 0.05) is 19.3 Å². The van der Waals surface area contributed by atoms with Crippen molar-refractivity contribution in [2.45, 2.75) is 57.0 Å². The molecule has 2 aliphatic carbocycles. The van der Waals surface area contributed by atoms with Crippen LogP contribution >= 0.6 is 0 Å². The number of hydrogen-bond donors (Lipinski definition) is 1. The van der Waals surface area contributed by atoms with Crippen LogP contribution in [0.15, 0.2) is 6.20 Å². The first-order valence-corrected chi connectivity index (χ1v) is 9.02. The topological polar surface area (TPSA) is 59.4 Å². The summed E-state index contributed by atoms with van der Waals surface area (Å²) in [5, 5.41) is 8.08. The van der Waals surface area contributed by atoms with E-state index in [0.717, 1.165) is 25.0 Å². The Labute approximate surface area is 137 Å². The van der Waals surface area contributed by atoms with E-state index in [0.29, 0.717) is 32.3 Å². The molecule has 1 atom stereocenters. The van der Waals surface area contributed by atoms with Gasteiger partial charge in [0.1, 0.15) is 0 Å². The van der Waals surface area contributed by atoms with Gasteiger partial charge in [-0.3, -0.25) is 4.68 Å². The first-order valence-electron chi connectivity index (χ1n) is 9.02. The number of amides is 2. The Bertz CT molecular complexity index is 559. The van der Waals surface area contributed by atoms with Crippen LogP contribution in [0.1, 0.15) is 61.9 Å². The van der Waals surface area contributed by atoms with Crippen LogP contribution in [0.5, 0.6) is 0 Å². The zero-order valence-electron chi connectivity index (χ0n) is 13.7. The van der Waals surface area contributed by atoms with E-state index >= 15 is 0 Å². The molecule has 1 aliphatic heterocycles. The molecule has 126 valence electrons.